The first kappa shape index (κ1) is 28.0. The largest absolute Gasteiger partial charge is 0.444 e. The topological polar surface area (TPSA) is 96.4 Å². The number of ketones is 1. The maximum atomic E-state index is 12.5. The first-order chi connectivity index (χ1) is 14.1. The third-order valence-electron chi connectivity index (χ3n) is 5.01. The molecule has 2 fully saturated rings. The van der Waals surface area contributed by atoms with Crippen molar-refractivity contribution in [1.29, 1.82) is 0 Å². The molecule has 186 valence electrons. The fraction of sp³-hybridized carbons (Fsp3) is 0.857. The van der Waals surface area contributed by atoms with Gasteiger partial charge in [0.1, 0.15) is 17.0 Å². The van der Waals surface area contributed by atoms with Crippen molar-refractivity contribution in [3.8, 4) is 0 Å². The van der Waals surface area contributed by atoms with E-state index in [1.54, 1.807) is 32.6 Å². The summed E-state index contributed by atoms with van der Waals surface area (Å²) in [6.07, 6.45) is -5.68. The summed E-state index contributed by atoms with van der Waals surface area (Å²) in [5.74, 6) is -0.850. The summed E-state index contributed by atoms with van der Waals surface area (Å²) >= 11 is 0. The lowest BCUT2D eigenvalue weighted by molar-refractivity contribution is -0.283. The molecule has 8 nitrogen and oxygen atoms in total. The van der Waals surface area contributed by atoms with Gasteiger partial charge in [-0.15, -0.1) is 0 Å². The Balaban J connectivity index is 0.000000330. The summed E-state index contributed by atoms with van der Waals surface area (Å²) in [6.45, 7) is 13.5. The Morgan fingerprint density at radius 2 is 1.12 bits per heavy atom. The van der Waals surface area contributed by atoms with E-state index in [9.17, 15) is 32.7 Å². The monoisotopic (exact) mass is 468 g/mol. The smallest absolute Gasteiger partial charge is 0.417 e. The Bertz CT molecular complexity index is 698. The number of halogens is 3. The molecule has 2 rings (SSSR count). The van der Waals surface area contributed by atoms with Gasteiger partial charge in [0.2, 0.25) is 0 Å². The standard InChI is InChI=1S/C11H18F3NO3.C10H17NO3/c1-9(2,3)18-8(16)15-5-7(6-15)10(4,17)11(12,13)14;1-7(12)8-5-11(6-8)9(13)14-10(2,3)4/h7,17H,5-6H2,1-4H3;8H,5-6H2,1-4H3. The molecule has 0 spiro atoms. The lowest BCUT2D eigenvalue weighted by Crippen LogP contribution is -2.63. The van der Waals surface area contributed by atoms with Gasteiger partial charge < -0.3 is 24.4 Å². The molecule has 0 bridgehead atoms. The van der Waals surface area contributed by atoms with E-state index in [2.05, 4.69) is 0 Å². The van der Waals surface area contributed by atoms with Crippen LogP contribution in [0.25, 0.3) is 0 Å². The number of Topliss-reactive ketones (excluding diaryl/α,β-unsaturated/α-hetero) is 1. The minimum absolute atomic E-state index is 0.0162. The zero-order valence-electron chi connectivity index (χ0n) is 20.0. The molecule has 0 aromatic carbocycles. The lowest BCUT2D eigenvalue weighted by Gasteiger charge is -2.46. The summed E-state index contributed by atoms with van der Waals surface area (Å²) in [4.78, 5) is 36.5. The fourth-order valence-corrected chi connectivity index (χ4v) is 2.75. The second-order valence-electron chi connectivity index (χ2n) is 10.4. The van der Waals surface area contributed by atoms with Crippen molar-refractivity contribution in [2.24, 2.45) is 11.8 Å². The Kier molecular flexibility index (Phi) is 8.26. The molecule has 0 aromatic rings. The summed E-state index contributed by atoms with van der Waals surface area (Å²) in [7, 11) is 0. The zero-order chi connectivity index (χ0) is 25.3. The highest BCUT2D eigenvalue weighted by molar-refractivity contribution is 5.82. The van der Waals surface area contributed by atoms with E-state index in [4.69, 9.17) is 9.47 Å². The molecule has 11 heteroatoms. The Labute approximate surface area is 187 Å². The van der Waals surface area contributed by atoms with E-state index in [1.165, 1.54) is 0 Å². The predicted molar refractivity (Wildman–Crippen MR) is 110 cm³/mol. The van der Waals surface area contributed by atoms with E-state index in [1.807, 2.05) is 20.8 Å². The number of likely N-dealkylation sites (tertiary alicyclic amines) is 2. The summed E-state index contributed by atoms with van der Waals surface area (Å²) < 4.78 is 47.7. The minimum Gasteiger partial charge on any atom is -0.444 e. The van der Waals surface area contributed by atoms with Gasteiger partial charge in [0.25, 0.3) is 0 Å². The first-order valence-electron chi connectivity index (χ1n) is 10.4. The van der Waals surface area contributed by atoms with Crippen LogP contribution in [-0.2, 0) is 14.3 Å². The normalized spacial score (nSPS) is 19.6. The van der Waals surface area contributed by atoms with Gasteiger partial charge in [-0.25, -0.2) is 9.59 Å². The van der Waals surface area contributed by atoms with Crippen LogP contribution in [0.3, 0.4) is 0 Å². The van der Waals surface area contributed by atoms with Gasteiger partial charge in [0, 0.05) is 32.1 Å². The Morgan fingerprint density at radius 1 is 0.781 bits per heavy atom. The van der Waals surface area contributed by atoms with Crippen molar-refractivity contribution in [1.82, 2.24) is 9.80 Å². The van der Waals surface area contributed by atoms with E-state index >= 15 is 0 Å². The van der Waals surface area contributed by atoms with Crippen LogP contribution < -0.4 is 0 Å². The van der Waals surface area contributed by atoms with Crippen LogP contribution in [0.4, 0.5) is 22.8 Å². The van der Waals surface area contributed by atoms with E-state index in [0.717, 1.165) is 11.8 Å². The summed E-state index contributed by atoms with van der Waals surface area (Å²) in [5, 5.41) is 9.40. The number of aliphatic hydroxyl groups is 1. The number of alkyl halides is 3. The third kappa shape index (κ3) is 7.83. The van der Waals surface area contributed by atoms with E-state index in [0.29, 0.717) is 13.1 Å². The average molecular weight is 469 g/mol. The molecule has 1 N–H and O–H groups in total. The summed E-state index contributed by atoms with van der Waals surface area (Å²) in [5.41, 5.74) is -3.92. The van der Waals surface area contributed by atoms with Crippen LogP contribution in [0.15, 0.2) is 0 Å². The van der Waals surface area contributed by atoms with Crippen LogP contribution >= 0.6 is 0 Å². The molecule has 0 radical (unpaired) electrons. The lowest BCUT2D eigenvalue weighted by atomic mass is 9.82. The van der Waals surface area contributed by atoms with Crippen LogP contribution in [-0.4, -0.2) is 82.0 Å². The number of carbonyl (C=O) groups excluding carboxylic acids is 3. The number of amides is 2. The van der Waals surface area contributed by atoms with Crippen molar-refractivity contribution >= 4 is 18.0 Å². The molecule has 0 aromatic heterocycles. The molecular weight excluding hydrogens is 433 g/mol. The molecular formula is C21H35F3N2O6. The van der Waals surface area contributed by atoms with Crippen LogP contribution in [0.2, 0.25) is 0 Å². The number of rotatable bonds is 2. The van der Waals surface area contributed by atoms with Gasteiger partial charge in [-0.2, -0.15) is 13.2 Å². The van der Waals surface area contributed by atoms with Gasteiger partial charge >= 0.3 is 18.4 Å². The highest BCUT2D eigenvalue weighted by Crippen LogP contribution is 2.40. The molecule has 2 aliphatic heterocycles. The maximum Gasteiger partial charge on any atom is 0.417 e. The number of hydrogen-bond donors (Lipinski definition) is 1. The highest BCUT2D eigenvalue weighted by Gasteiger charge is 2.58. The van der Waals surface area contributed by atoms with Crippen molar-refractivity contribution < 1.29 is 42.1 Å². The summed E-state index contributed by atoms with van der Waals surface area (Å²) in [6, 6.07) is 0. The van der Waals surface area contributed by atoms with E-state index in [-0.39, 0.29) is 30.9 Å². The quantitative estimate of drug-likeness (QED) is 0.665. The molecule has 32 heavy (non-hydrogen) atoms. The molecule has 1 atom stereocenters. The number of hydrogen-bond acceptors (Lipinski definition) is 6. The van der Waals surface area contributed by atoms with Crippen molar-refractivity contribution in [3.63, 3.8) is 0 Å². The van der Waals surface area contributed by atoms with Gasteiger partial charge in [0.05, 0.1) is 5.92 Å². The van der Waals surface area contributed by atoms with Gasteiger partial charge in [-0.05, 0) is 55.4 Å². The number of carbonyl (C=O) groups is 3. The van der Waals surface area contributed by atoms with Crippen molar-refractivity contribution in [3.05, 3.63) is 0 Å². The molecule has 2 aliphatic rings. The van der Waals surface area contributed by atoms with Crippen molar-refractivity contribution in [2.45, 2.75) is 78.4 Å². The second kappa shape index (κ2) is 9.44. The van der Waals surface area contributed by atoms with Gasteiger partial charge in [-0.3, -0.25) is 4.79 Å². The highest BCUT2D eigenvalue weighted by atomic mass is 19.4. The average Bonchev–Trinajstić information content (AvgIpc) is 2.37. The molecule has 0 aliphatic carbocycles. The molecule has 0 saturated carbocycles. The number of nitrogens with zero attached hydrogens (tertiary/aromatic N) is 2. The zero-order valence-corrected chi connectivity index (χ0v) is 20.0. The Morgan fingerprint density at radius 3 is 1.41 bits per heavy atom. The molecule has 2 heterocycles. The van der Waals surface area contributed by atoms with Crippen LogP contribution in [0, 0.1) is 11.8 Å². The second-order valence-corrected chi connectivity index (χ2v) is 10.4. The van der Waals surface area contributed by atoms with Crippen molar-refractivity contribution in [2.75, 3.05) is 26.2 Å². The maximum absolute atomic E-state index is 12.5. The molecule has 1 unspecified atom stereocenters. The van der Waals surface area contributed by atoms with Gasteiger partial charge in [-0.1, -0.05) is 0 Å². The van der Waals surface area contributed by atoms with Crippen LogP contribution in [0.1, 0.15) is 55.4 Å². The predicted octanol–water partition coefficient (Wildman–Crippen LogP) is 3.61. The molecule has 2 saturated heterocycles. The minimum atomic E-state index is -4.70. The molecule has 2 amide bonds. The first-order valence-corrected chi connectivity index (χ1v) is 10.4. The SMILES string of the molecule is CC(=O)C1CN(C(=O)OC(C)(C)C)C1.CC(C)(C)OC(=O)N1CC(C(C)(O)C(F)(F)F)C1. The van der Waals surface area contributed by atoms with Crippen LogP contribution in [0.5, 0.6) is 0 Å². The number of ether oxygens (including phenoxy) is 2. The van der Waals surface area contributed by atoms with E-state index < -0.39 is 35.0 Å². The third-order valence-corrected chi connectivity index (χ3v) is 5.01. The fourth-order valence-electron chi connectivity index (χ4n) is 2.75. The van der Waals surface area contributed by atoms with Gasteiger partial charge in [0.15, 0.2) is 5.60 Å². The Hall–Kier alpha value is -2.04.